The maximum Gasteiger partial charge on any atom is 0.263 e. The average Bonchev–Trinajstić information content (AvgIpc) is 2.62. The van der Waals surface area contributed by atoms with Crippen LogP contribution in [-0.4, -0.2) is 53.7 Å². The van der Waals surface area contributed by atoms with E-state index in [1.807, 2.05) is 36.2 Å². The molecule has 0 atom stereocenters. The van der Waals surface area contributed by atoms with Crippen LogP contribution in [0.1, 0.15) is 18.4 Å². The molecule has 1 fully saturated rings. The molecule has 7 heteroatoms. The molecule has 2 aromatic rings. The summed E-state index contributed by atoms with van der Waals surface area (Å²) in [5.41, 5.74) is -0.866. The third-order valence-electron chi connectivity index (χ3n) is 4.68. The van der Waals surface area contributed by atoms with E-state index >= 15 is 0 Å². The first kappa shape index (κ1) is 18.3. The van der Waals surface area contributed by atoms with E-state index in [2.05, 4.69) is 10.3 Å². The van der Waals surface area contributed by atoms with Gasteiger partial charge in [-0.3, -0.25) is 4.79 Å². The quantitative estimate of drug-likeness (QED) is 0.649. The van der Waals surface area contributed by atoms with Gasteiger partial charge in [0, 0.05) is 50.8 Å². The Labute approximate surface area is 152 Å². The van der Waals surface area contributed by atoms with Gasteiger partial charge in [0.1, 0.15) is 5.82 Å². The molecule has 0 radical (unpaired) electrons. The number of nitrogens with zero attached hydrogens (tertiary/aromatic N) is 3. The van der Waals surface area contributed by atoms with Gasteiger partial charge in [0.15, 0.2) is 5.67 Å². The second-order valence-corrected chi connectivity index (χ2v) is 6.88. The summed E-state index contributed by atoms with van der Waals surface area (Å²) in [4.78, 5) is 18.7. The summed E-state index contributed by atoms with van der Waals surface area (Å²) in [6.45, 7) is 1.14. The standard InChI is InChI=1S/C19H24FN5O/c1-24-9-6-19(20,7-10-24)18(26)23-17-12-16-11-14(5-8-25(2)21)3-4-15(16)13-22-17/h3-5,8,11-13H,6-7,9-10,21H2,1-2H3,(H,22,23,26)/b8-5+. The number of piperidine rings is 1. The Hall–Kier alpha value is -2.51. The van der Waals surface area contributed by atoms with Crippen molar-refractivity contribution in [1.82, 2.24) is 14.9 Å². The molecule has 1 aliphatic rings. The Morgan fingerprint density at radius 2 is 2.08 bits per heavy atom. The number of amides is 1. The van der Waals surface area contributed by atoms with E-state index in [4.69, 9.17) is 5.84 Å². The SMILES string of the molecule is CN(N)/C=C/c1ccc2cnc(NC(=O)C3(F)CCN(C)CC3)cc2c1. The van der Waals surface area contributed by atoms with Gasteiger partial charge in [0.25, 0.3) is 5.91 Å². The van der Waals surface area contributed by atoms with Crippen LogP contribution in [-0.2, 0) is 4.79 Å². The summed E-state index contributed by atoms with van der Waals surface area (Å²) in [6, 6.07) is 7.62. The van der Waals surface area contributed by atoms with Crippen molar-refractivity contribution in [3.8, 4) is 0 Å². The van der Waals surface area contributed by atoms with Crippen molar-refractivity contribution in [3.63, 3.8) is 0 Å². The number of fused-ring (bicyclic) bond motifs is 1. The monoisotopic (exact) mass is 357 g/mol. The summed E-state index contributed by atoms with van der Waals surface area (Å²) in [5.74, 6) is 5.32. The molecule has 1 saturated heterocycles. The zero-order chi connectivity index (χ0) is 18.7. The molecular formula is C19H24FN5O. The van der Waals surface area contributed by atoms with Crippen LogP contribution in [0.5, 0.6) is 0 Å². The summed E-state index contributed by atoms with van der Waals surface area (Å²) >= 11 is 0. The fraction of sp³-hybridized carbons (Fsp3) is 0.368. The molecule has 1 aromatic carbocycles. The number of halogens is 1. The van der Waals surface area contributed by atoms with E-state index in [1.165, 1.54) is 5.01 Å². The lowest BCUT2D eigenvalue weighted by Crippen LogP contribution is -2.47. The topological polar surface area (TPSA) is 74.5 Å². The van der Waals surface area contributed by atoms with E-state index in [1.54, 1.807) is 25.5 Å². The highest BCUT2D eigenvalue weighted by atomic mass is 19.1. The number of carbonyl (C=O) groups is 1. The average molecular weight is 357 g/mol. The zero-order valence-electron chi connectivity index (χ0n) is 15.1. The number of nitrogens with two attached hydrogens (primary N) is 1. The predicted octanol–water partition coefficient (Wildman–Crippen LogP) is 2.38. The largest absolute Gasteiger partial charge is 0.321 e. The summed E-state index contributed by atoms with van der Waals surface area (Å²) in [7, 11) is 3.67. The first-order chi connectivity index (χ1) is 12.4. The molecule has 1 aliphatic heterocycles. The van der Waals surface area contributed by atoms with E-state index in [0.717, 1.165) is 16.3 Å². The van der Waals surface area contributed by atoms with Gasteiger partial charge in [-0.25, -0.2) is 15.2 Å². The van der Waals surface area contributed by atoms with E-state index < -0.39 is 11.6 Å². The fourth-order valence-electron chi connectivity index (χ4n) is 2.96. The molecule has 0 saturated carbocycles. The second-order valence-electron chi connectivity index (χ2n) is 6.88. The van der Waals surface area contributed by atoms with Gasteiger partial charge in [0.2, 0.25) is 0 Å². The summed E-state index contributed by atoms with van der Waals surface area (Å²) in [5, 5.41) is 5.95. The highest BCUT2D eigenvalue weighted by molar-refractivity contribution is 5.98. The van der Waals surface area contributed by atoms with Gasteiger partial charge in [-0.15, -0.1) is 0 Å². The Morgan fingerprint density at radius 3 is 2.77 bits per heavy atom. The summed E-state index contributed by atoms with van der Waals surface area (Å²) < 4.78 is 14.9. The van der Waals surface area contributed by atoms with Crippen LogP contribution in [0.2, 0.25) is 0 Å². The molecule has 0 spiro atoms. The van der Waals surface area contributed by atoms with Crippen LogP contribution >= 0.6 is 0 Å². The highest BCUT2D eigenvalue weighted by Crippen LogP contribution is 2.28. The number of alkyl halides is 1. The van der Waals surface area contributed by atoms with E-state index in [-0.39, 0.29) is 12.8 Å². The smallest absolute Gasteiger partial charge is 0.263 e. The van der Waals surface area contributed by atoms with Gasteiger partial charge in [-0.05, 0) is 36.2 Å². The lowest BCUT2D eigenvalue weighted by Gasteiger charge is -2.33. The minimum Gasteiger partial charge on any atom is -0.321 e. The van der Waals surface area contributed by atoms with Crippen molar-refractivity contribution in [2.75, 3.05) is 32.5 Å². The molecule has 3 N–H and O–H groups in total. The van der Waals surface area contributed by atoms with Crippen LogP contribution in [0, 0.1) is 0 Å². The second kappa shape index (κ2) is 7.39. The van der Waals surface area contributed by atoms with Crippen molar-refractivity contribution in [3.05, 3.63) is 42.2 Å². The van der Waals surface area contributed by atoms with Gasteiger partial charge in [0.05, 0.1) is 0 Å². The minimum atomic E-state index is -1.83. The Morgan fingerprint density at radius 1 is 1.35 bits per heavy atom. The Balaban J connectivity index is 1.78. The summed E-state index contributed by atoms with van der Waals surface area (Å²) in [6.07, 6.45) is 5.70. The van der Waals surface area contributed by atoms with Gasteiger partial charge < -0.3 is 15.2 Å². The van der Waals surface area contributed by atoms with Gasteiger partial charge >= 0.3 is 0 Å². The number of benzene rings is 1. The lowest BCUT2D eigenvalue weighted by atomic mass is 9.92. The molecule has 138 valence electrons. The van der Waals surface area contributed by atoms with Gasteiger partial charge in [-0.1, -0.05) is 12.1 Å². The van der Waals surface area contributed by atoms with Crippen molar-refractivity contribution in [2.45, 2.75) is 18.5 Å². The molecule has 0 unspecified atom stereocenters. The molecule has 6 nitrogen and oxygen atoms in total. The number of carbonyl (C=O) groups excluding carboxylic acids is 1. The fourth-order valence-corrected chi connectivity index (χ4v) is 2.96. The van der Waals surface area contributed by atoms with Crippen LogP contribution in [0.25, 0.3) is 16.8 Å². The predicted molar refractivity (Wildman–Crippen MR) is 102 cm³/mol. The third kappa shape index (κ3) is 4.17. The van der Waals surface area contributed by atoms with E-state index in [9.17, 15) is 9.18 Å². The number of rotatable bonds is 4. The minimum absolute atomic E-state index is 0.199. The van der Waals surface area contributed by atoms with Crippen molar-refractivity contribution in [1.29, 1.82) is 0 Å². The molecule has 0 bridgehead atoms. The molecule has 1 amide bonds. The van der Waals surface area contributed by atoms with Gasteiger partial charge in [-0.2, -0.15) is 0 Å². The number of nitrogens with one attached hydrogen (secondary N) is 1. The molecular weight excluding hydrogens is 333 g/mol. The van der Waals surface area contributed by atoms with Crippen LogP contribution in [0.4, 0.5) is 10.2 Å². The van der Waals surface area contributed by atoms with Crippen molar-refractivity contribution in [2.24, 2.45) is 5.84 Å². The number of hydrogen-bond acceptors (Lipinski definition) is 5. The lowest BCUT2D eigenvalue weighted by molar-refractivity contribution is -0.130. The number of aromatic nitrogens is 1. The normalized spacial score (nSPS) is 17.5. The molecule has 26 heavy (non-hydrogen) atoms. The van der Waals surface area contributed by atoms with Crippen LogP contribution in [0.3, 0.4) is 0 Å². The maximum absolute atomic E-state index is 14.9. The Kier molecular flexibility index (Phi) is 5.20. The van der Waals surface area contributed by atoms with Crippen molar-refractivity contribution >= 4 is 28.6 Å². The first-order valence-corrected chi connectivity index (χ1v) is 8.60. The zero-order valence-corrected chi connectivity index (χ0v) is 15.1. The van der Waals surface area contributed by atoms with Crippen LogP contribution in [0.15, 0.2) is 36.7 Å². The third-order valence-corrected chi connectivity index (χ3v) is 4.68. The molecule has 0 aliphatic carbocycles. The first-order valence-electron chi connectivity index (χ1n) is 8.60. The van der Waals surface area contributed by atoms with Crippen molar-refractivity contribution < 1.29 is 9.18 Å². The molecule has 3 rings (SSSR count). The van der Waals surface area contributed by atoms with Crippen LogP contribution < -0.4 is 11.2 Å². The number of likely N-dealkylation sites (tertiary alicyclic amines) is 1. The number of anilines is 1. The maximum atomic E-state index is 14.9. The number of hydrogen-bond donors (Lipinski definition) is 2. The number of hydrazine groups is 1. The Bertz CT molecular complexity index is 828. The molecule has 1 aromatic heterocycles. The molecule has 2 heterocycles. The van der Waals surface area contributed by atoms with E-state index in [0.29, 0.717) is 18.9 Å². The highest BCUT2D eigenvalue weighted by Gasteiger charge is 2.41. The number of pyridine rings is 1.